The molecule has 8 aromatic rings. The van der Waals surface area contributed by atoms with Crippen LogP contribution in [0.25, 0.3) is 11.2 Å². The van der Waals surface area contributed by atoms with E-state index < -0.39 is 35.7 Å². The fourth-order valence-corrected chi connectivity index (χ4v) is 8.46. The van der Waals surface area contributed by atoms with E-state index in [2.05, 4.69) is 51.7 Å². The summed E-state index contributed by atoms with van der Waals surface area (Å²) >= 11 is 0. The maximum absolute atomic E-state index is 12.9. The average molecular weight is 822 g/mol. The van der Waals surface area contributed by atoms with Gasteiger partial charge in [-0.15, -0.1) is 0 Å². The molecule has 1 aliphatic rings. The minimum atomic E-state index is -1.28. The van der Waals surface area contributed by atoms with Crippen molar-refractivity contribution >= 4 is 23.0 Å². The molecule has 1 fully saturated rings. The molecule has 1 aliphatic heterocycles. The Hall–Kier alpha value is -6.82. The van der Waals surface area contributed by atoms with Crippen LogP contribution in [0.3, 0.4) is 0 Å². The van der Waals surface area contributed by atoms with Gasteiger partial charge in [-0.1, -0.05) is 196 Å². The van der Waals surface area contributed by atoms with Gasteiger partial charge in [-0.2, -0.15) is 4.98 Å². The van der Waals surface area contributed by atoms with E-state index in [1.165, 1.54) is 0 Å². The van der Waals surface area contributed by atoms with Crippen LogP contribution < -0.4 is 5.32 Å². The molecule has 1 saturated heterocycles. The minimum Gasteiger partial charge on any atom is -0.386 e. The fourth-order valence-electron chi connectivity index (χ4n) is 8.46. The molecule has 310 valence electrons. The Morgan fingerprint density at radius 2 is 1.08 bits per heavy atom. The van der Waals surface area contributed by atoms with E-state index in [1.807, 2.05) is 146 Å². The first-order valence-corrected chi connectivity index (χ1v) is 20.9. The molecule has 10 heteroatoms. The molecule has 0 unspecified atom stereocenters. The zero-order valence-electron chi connectivity index (χ0n) is 34.4. The number of ether oxygens (including phenoxy) is 3. The molecule has 6 aromatic carbocycles. The van der Waals surface area contributed by atoms with E-state index in [0.29, 0.717) is 11.2 Å². The van der Waals surface area contributed by atoms with Gasteiger partial charge in [0.05, 0.1) is 19.1 Å². The lowest BCUT2D eigenvalue weighted by Gasteiger charge is -2.41. The normalized spacial score (nSPS) is 17.9. The molecule has 2 aromatic heterocycles. The minimum absolute atomic E-state index is 0.0112. The predicted octanol–water partition coefficient (Wildman–Crippen LogP) is 9.07. The second-order valence-corrected chi connectivity index (χ2v) is 15.7. The summed E-state index contributed by atoms with van der Waals surface area (Å²) in [5.74, 6) is -0.393. The highest BCUT2D eigenvalue weighted by atomic mass is 16.6. The SMILES string of the molecule is CC(C)C(=O)Nc1ncc2ncn([C@@H]3O[C@H](COC(c4ccccc4)(c4ccccc4)c4ccccc4)[C@@H](OC(c4ccccc4)(c4ccccc4)c4ccccc4)[C@H]3O)c2n1. The van der Waals surface area contributed by atoms with Crippen molar-refractivity contribution in [1.82, 2.24) is 19.5 Å². The van der Waals surface area contributed by atoms with Gasteiger partial charge in [0, 0.05) is 5.92 Å². The van der Waals surface area contributed by atoms with Crippen molar-refractivity contribution in [3.63, 3.8) is 0 Å². The molecule has 0 bridgehead atoms. The van der Waals surface area contributed by atoms with Crippen LogP contribution in [0.5, 0.6) is 0 Å². The molecule has 1 amide bonds. The Morgan fingerprint density at radius 3 is 1.50 bits per heavy atom. The molecular weight excluding hydrogens is 775 g/mol. The average Bonchev–Trinajstić information content (AvgIpc) is 3.89. The molecule has 0 radical (unpaired) electrons. The fraction of sp³-hybridized carbons (Fsp3) is 0.192. The van der Waals surface area contributed by atoms with Crippen molar-refractivity contribution in [2.24, 2.45) is 5.92 Å². The number of aliphatic hydroxyl groups excluding tert-OH is 1. The summed E-state index contributed by atoms with van der Waals surface area (Å²) in [6.45, 7) is 3.58. The highest BCUT2D eigenvalue weighted by molar-refractivity contribution is 5.91. The number of fused-ring (bicyclic) bond motifs is 1. The third-order valence-electron chi connectivity index (χ3n) is 11.5. The highest BCUT2D eigenvalue weighted by Crippen LogP contribution is 2.47. The van der Waals surface area contributed by atoms with Gasteiger partial charge in [0.2, 0.25) is 11.9 Å². The monoisotopic (exact) mass is 821 g/mol. The van der Waals surface area contributed by atoms with E-state index in [1.54, 1.807) is 30.9 Å². The quantitative estimate of drug-likeness (QED) is 0.104. The van der Waals surface area contributed by atoms with Crippen molar-refractivity contribution in [2.45, 2.75) is 49.6 Å². The molecule has 3 heterocycles. The van der Waals surface area contributed by atoms with Crippen molar-refractivity contribution in [3.8, 4) is 0 Å². The summed E-state index contributed by atoms with van der Waals surface area (Å²) in [5.41, 5.74) is 3.90. The molecule has 62 heavy (non-hydrogen) atoms. The van der Waals surface area contributed by atoms with Crippen LogP contribution in [0, 0.1) is 5.92 Å². The third kappa shape index (κ3) is 7.58. The number of anilines is 1. The maximum Gasteiger partial charge on any atom is 0.231 e. The van der Waals surface area contributed by atoms with Crippen molar-refractivity contribution < 1.29 is 24.1 Å². The van der Waals surface area contributed by atoms with E-state index in [4.69, 9.17) is 19.2 Å². The Bertz CT molecular complexity index is 2510. The maximum atomic E-state index is 12.9. The largest absolute Gasteiger partial charge is 0.386 e. The molecule has 0 saturated carbocycles. The lowest BCUT2D eigenvalue weighted by atomic mass is 9.79. The van der Waals surface area contributed by atoms with Crippen LogP contribution in [0.15, 0.2) is 195 Å². The van der Waals surface area contributed by atoms with E-state index in [0.717, 1.165) is 33.4 Å². The number of aliphatic hydroxyl groups is 1. The van der Waals surface area contributed by atoms with Gasteiger partial charge < -0.3 is 19.3 Å². The number of amides is 1. The standard InChI is InChI=1S/C52H47N5O5/c1-36(2)48(59)56-50-53-33-43-47(55-50)57(35-54-43)49-45(58)46(62-52(40-27-15-6-16-28-40,41-29-17-7-18-30-41)42-31-19-8-20-32-42)44(61-49)34-60-51(37-21-9-3-10-22-37,38-23-11-4-12-24-38)39-25-13-5-14-26-39/h3-33,35-36,44-46,49,58H,34H2,1-2H3,(H,53,55,56,59)/t44-,45-,46-,49-/m1/s1. The smallest absolute Gasteiger partial charge is 0.231 e. The first kappa shape index (κ1) is 40.6. The molecular formula is C52H47N5O5. The number of hydrogen-bond donors (Lipinski definition) is 2. The van der Waals surface area contributed by atoms with Crippen LogP contribution in [-0.2, 0) is 30.2 Å². The van der Waals surface area contributed by atoms with Crippen LogP contribution in [0.4, 0.5) is 5.95 Å². The van der Waals surface area contributed by atoms with Crippen molar-refractivity contribution in [2.75, 3.05) is 11.9 Å². The molecule has 4 atom stereocenters. The van der Waals surface area contributed by atoms with E-state index in [-0.39, 0.29) is 24.4 Å². The number of imidazole rings is 1. The number of carbonyl (C=O) groups excluding carboxylic acids is 1. The Balaban J connectivity index is 1.20. The number of aromatic nitrogens is 4. The molecule has 2 N–H and O–H groups in total. The molecule has 0 spiro atoms. The summed E-state index contributed by atoms with van der Waals surface area (Å²) in [4.78, 5) is 26.3. The molecule has 10 nitrogen and oxygen atoms in total. The summed E-state index contributed by atoms with van der Waals surface area (Å²) in [7, 11) is 0. The second-order valence-electron chi connectivity index (χ2n) is 15.7. The Morgan fingerprint density at radius 1 is 0.661 bits per heavy atom. The van der Waals surface area contributed by atoms with E-state index >= 15 is 0 Å². The van der Waals surface area contributed by atoms with Gasteiger partial charge in [-0.3, -0.25) is 14.7 Å². The zero-order valence-corrected chi connectivity index (χ0v) is 34.4. The lowest BCUT2D eigenvalue weighted by Crippen LogP contribution is -2.46. The van der Waals surface area contributed by atoms with Gasteiger partial charge in [0.1, 0.15) is 35.0 Å². The number of benzene rings is 6. The van der Waals surface area contributed by atoms with Crippen molar-refractivity contribution in [3.05, 3.63) is 228 Å². The second kappa shape index (κ2) is 17.6. The predicted molar refractivity (Wildman–Crippen MR) is 238 cm³/mol. The van der Waals surface area contributed by atoms with Gasteiger partial charge in [0.25, 0.3) is 0 Å². The topological polar surface area (TPSA) is 121 Å². The number of nitrogens with one attached hydrogen (secondary N) is 1. The number of rotatable bonds is 14. The van der Waals surface area contributed by atoms with Gasteiger partial charge in [-0.25, -0.2) is 9.97 Å². The number of nitrogens with zero attached hydrogens (tertiary/aromatic N) is 4. The van der Waals surface area contributed by atoms with E-state index in [9.17, 15) is 9.90 Å². The summed E-state index contributed by atoms with van der Waals surface area (Å²) in [6, 6.07) is 60.6. The summed E-state index contributed by atoms with van der Waals surface area (Å²) in [6.07, 6.45) is -1.06. The van der Waals surface area contributed by atoms with Crippen LogP contribution >= 0.6 is 0 Å². The lowest BCUT2D eigenvalue weighted by molar-refractivity contribution is -0.131. The van der Waals surface area contributed by atoms with Gasteiger partial charge in [-0.05, 0) is 33.4 Å². The number of hydrogen-bond acceptors (Lipinski definition) is 8. The van der Waals surface area contributed by atoms with Crippen LogP contribution in [0.2, 0.25) is 0 Å². The number of carbonyl (C=O) groups is 1. The van der Waals surface area contributed by atoms with Crippen LogP contribution in [0.1, 0.15) is 53.5 Å². The first-order chi connectivity index (χ1) is 30.4. The third-order valence-corrected chi connectivity index (χ3v) is 11.5. The van der Waals surface area contributed by atoms with Gasteiger partial charge >= 0.3 is 0 Å². The highest BCUT2D eigenvalue weighted by Gasteiger charge is 2.52. The van der Waals surface area contributed by atoms with Crippen LogP contribution in [-0.4, -0.2) is 55.5 Å². The van der Waals surface area contributed by atoms with Crippen molar-refractivity contribution in [1.29, 1.82) is 0 Å². The Kier molecular flexibility index (Phi) is 11.6. The summed E-state index contributed by atoms with van der Waals surface area (Å²) < 4.78 is 23.7. The molecule has 9 rings (SSSR count). The Labute approximate surface area is 360 Å². The van der Waals surface area contributed by atoms with Gasteiger partial charge in [0.15, 0.2) is 11.9 Å². The summed E-state index contributed by atoms with van der Waals surface area (Å²) in [5, 5.41) is 15.6. The molecule has 0 aliphatic carbocycles. The zero-order chi connectivity index (χ0) is 42.5. The first-order valence-electron chi connectivity index (χ1n) is 20.9.